The Hall–Kier alpha value is -4.69. The number of Topliss-reactive ketones (excluding diaryl/α,β-unsaturated/α-hetero) is 1. The zero-order chi connectivity index (χ0) is 27.1. The summed E-state index contributed by atoms with van der Waals surface area (Å²) in [7, 11) is 0. The van der Waals surface area contributed by atoms with Crippen molar-refractivity contribution in [2.45, 2.75) is 6.92 Å². The quantitative estimate of drug-likeness (QED) is 0.230. The summed E-state index contributed by atoms with van der Waals surface area (Å²) in [4.78, 5) is 22.3. The molecule has 6 aromatic rings. The maximum absolute atomic E-state index is 11.7. The molecule has 0 unspecified atom stereocenters. The van der Waals surface area contributed by atoms with Gasteiger partial charge in [-0.25, -0.2) is 4.98 Å². The molecular weight excluding hydrogens is 516 g/mol. The van der Waals surface area contributed by atoms with Crippen molar-refractivity contribution in [3.8, 4) is 22.4 Å². The highest BCUT2D eigenvalue weighted by Crippen LogP contribution is 2.42. The number of aromatic nitrogens is 4. The van der Waals surface area contributed by atoms with Gasteiger partial charge in [-0.15, -0.1) is 21.5 Å². The summed E-state index contributed by atoms with van der Waals surface area (Å²) in [5, 5.41) is 14.3. The Kier molecular flexibility index (Phi) is 6.17. The van der Waals surface area contributed by atoms with E-state index in [0.717, 1.165) is 86.1 Å². The number of carbonyl (C=O) groups is 1. The molecule has 0 spiro atoms. The van der Waals surface area contributed by atoms with Crippen molar-refractivity contribution in [1.82, 2.24) is 20.4 Å². The third kappa shape index (κ3) is 4.36. The molecule has 1 aliphatic heterocycles. The first-order chi connectivity index (χ1) is 19.7. The molecule has 3 aromatic heterocycles. The van der Waals surface area contributed by atoms with Crippen molar-refractivity contribution in [3.63, 3.8) is 0 Å². The van der Waals surface area contributed by atoms with Crippen LogP contribution in [0.2, 0.25) is 0 Å². The first-order valence-corrected chi connectivity index (χ1v) is 14.2. The minimum absolute atomic E-state index is 0.0841. The second-order valence-electron chi connectivity index (χ2n) is 9.94. The lowest BCUT2D eigenvalue weighted by molar-refractivity contribution is 0.101. The fourth-order valence-corrected chi connectivity index (χ4v) is 6.52. The van der Waals surface area contributed by atoms with Gasteiger partial charge in [-0.3, -0.25) is 4.79 Å². The van der Waals surface area contributed by atoms with Crippen LogP contribution in [0.15, 0.2) is 91.0 Å². The molecule has 0 saturated carbocycles. The molecule has 1 fully saturated rings. The molecule has 1 aliphatic rings. The Morgan fingerprint density at radius 2 is 1.43 bits per heavy atom. The van der Waals surface area contributed by atoms with E-state index in [0.29, 0.717) is 0 Å². The summed E-state index contributed by atoms with van der Waals surface area (Å²) < 4.78 is 1.01. The molecule has 7 rings (SSSR count). The Labute approximate surface area is 235 Å². The fraction of sp³-hybridized carbons (Fsp3) is 0.156. The monoisotopic (exact) mass is 542 g/mol. The van der Waals surface area contributed by atoms with Crippen LogP contribution >= 0.6 is 11.3 Å². The van der Waals surface area contributed by atoms with Gasteiger partial charge < -0.3 is 9.80 Å². The number of carbonyl (C=O) groups excluding carboxylic acids is 1. The van der Waals surface area contributed by atoms with Crippen molar-refractivity contribution in [1.29, 1.82) is 0 Å². The van der Waals surface area contributed by atoms with Crippen LogP contribution in [0, 0.1) is 0 Å². The van der Waals surface area contributed by atoms with Gasteiger partial charge in [0.05, 0.1) is 5.69 Å². The predicted molar refractivity (Wildman–Crippen MR) is 162 cm³/mol. The van der Waals surface area contributed by atoms with E-state index < -0.39 is 0 Å². The Balaban J connectivity index is 1.27. The van der Waals surface area contributed by atoms with Crippen LogP contribution in [0.25, 0.3) is 42.8 Å². The minimum atomic E-state index is 0.0841. The number of fused-ring (bicyclic) bond motifs is 3. The molecular formula is C32H26N6OS. The SMILES string of the molecule is CC(=O)c1ccc(N2CCN(c3nnnc4c3sc3nc(-c5ccccc5)cc(-c5ccccc5)c34)CC2)cc1. The lowest BCUT2D eigenvalue weighted by Crippen LogP contribution is -2.47. The van der Waals surface area contributed by atoms with Crippen LogP contribution in [0.1, 0.15) is 17.3 Å². The van der Waals surface area contributed by atoms with Crippen molar-refractivity contribution >= 4 is 49.1 Å². The molecule has 4 heterocycles. The lowest BCUT2D eigenvalue weighted by atomic mass is 10.00. The number of benzene rings is 3. The van der Waals surface area contributed by atoms with Gasteiger partial charge in [0.1, 0.15) is 15.0 Å². The number of ketones is 1. The smallest absolute Gasteiger partial charge is 0.172 e. The van der Waals surface area contributed by atoms with Crippen LogP contribution in [0.5, 0.6) is 0 Å². The van der Waals surface area contributed by atoms with Gasteiger partial charge in [0.25, 0.3) is 0 Å². The predicted octanol–water partition coefficient (Wildman–Crippen LogP) is 6.50. The first-order valence-electron chi connectivity index (χ1n) is 13.3. The van der Waals surface area contributed by atoms with E-state index >= 15 is 0 Å². The van der Waals surface area contributed by atoms with Crippen molar-refractivity contribution < 1.29 is 4.79 Å². The van der Waals surface area contributed by atoms with E-state index in [4.69, 9.17) is 4.98 Å². The molecule has 0 N–H and O–H groups in total. The van der Waals surface area contributed by atoms with Gasteiger partial charge in [0.2, 0.25) is 0 Å². The van der Waals surface area contributed by atoms with Gasteiger partial charge in [-0.2, -0.15) is 0 Å². The number of hydrogen-bond acceptors (Lipinski definition) is 8. The summed E-state index contributed by atoms with van der Waals surface area (Å²) in [5.74, 6) is 0.945. The normalized spacial score (nSPS) is 13.7. The van der Waals surface area contributed by atoms with Gasteiger partial charge in [0.15, 0.2) is 11.6 Å². The number of hydrogen-bond donors (Lipinski definition) is 0. The fourth-order valence-electron chi connectivity index (χ4n) is 5.38. The zero-order valence-electron chi connectivity index (χ0n) is 22.0. The van der Waals surface area contributed by atoms with Crippen molar-refractivity contribution in [2.24, 2.45) is 0 Å². The molecule has 0 amide bonds. The Morgan fingerprint density at radius 3 is 2.10 bits per heavy atom. The molecule has 0 atom stereocenters. The number of rotatable bonds is 5. The molecule has 7 nitrogen and oxygen atoms in total. The Bertz CT molecular complexity index is 1830. The summed E-state index contributed by atoms with van der Waals surface area (Å²) in [6.45, 7) is 4.91. The number of thiophene rings is 1. The van der Waals surface area contributed by atoms with Gasteiger partial charge in [0, 0.05) is 48.4 Å². The number of nitrogens with zero attached hydrogens (tertiary/aromatic N) is 6. The summed E-state index contributed by atoms with van der Waals surface area (Å²) in [6.07, 6.45) is 0. The van der Waals surface area contributed by atoms with Gasteiger partial charge >= 0.3 is 0 Å². The van der Waals surface area contributed by atoms with Crippen LogP contribution in [0.3, 0.4) is 0 Å². The largest absolute Gasteiger partial charge is 0.368 e. The molecule has 0 bridgehead atoms. The molecule has 196 valence electrons. The van der Waals surface area contributed by atoms with Gasteiger partial charge in [-0.05, 0) is 53.6 Å². The standard InChI is InChI=1S/C32H26N6OS/c1-21(39)22-12-14-25(15-13-22)37-16-18-38(19-17-37)31-30-29(34-36-35-31)28-26(23-8-4-2-5-9-23)20-27(33-32(28)40-30)24-10-6-3-7-11-24/h2-15,20H,16-19H2,1H3. The van der Waals surface area contributed by atoms with E-state index in [2.05, 4.69) is 67.7 Å². The topological polar surface area (TPSA) is 75.1 Å². The van der Waals surface area contributed by atoms with Crippen LogP contribution < -0.4 is 9.80 Å². The maximum atomic E-state index is 11.7. The average molecular weight is 543 g/mol. The summed E-state index contributed by atoms with van der Waals surface area (Å²) >= 11 is 1.64. The average Bonchev–Trinajstić information content (AvgIpc) is 3.40. The number of anilines is 2. The molecule has 1 saturated heterocycles. The Morgan fingerprint density at radius 1 is 0.775 bits per heavy atom. The summed E-state index contributed by atoms with van der Waals surface area (Å²) in [5.41, 5.74) is 6.94. The molecule has 0 radical (unpaired) electrons. The molecule has 3 aromatic carbocycles. The number of piperazine rings is 1. The number of pyridine rings is 1. The third-order valence-corrected chi connectivity index (χ3v) is 8.57. The van der Waals surface area contributed by atoms with Crippen LogP contribution in [0.4, 0.5) is 11.5 Å². The van der Waals surface area contributed by atoms with Gasteiger partial charge in [-0.1, -0.05) is 60.7 Å². The summed E-state index contributed by atoms with van der Waals surface area (Å²) in [6, 6.07) is 30.7. The minimum Gasteiger partial charge on any atom is -0.368 e. The van der Waals surface area contributed by atoms with E-state index in [1.807, 2.05) is 48.5 Å². The second-order valence-corrected chi connectivity index (χ2v) is 10.9. The van der Waals surface area contributed by atoms with Crippen LogP contribution in [-0.4, -0.2) is 52.4 Å². The van der Waals surface area contributed by atoms with Crippen molar-refractivity contribution in [3.05, 3.63) is 96.6 Å². The maximum Gasteiger partial charge on any atom is 0.172 e. The van der Waals surface area contributed by atoms with E-state index in [1.54, 1.807) is 18.3 Å². The molecule has 8 heteroatoms. The first kappa shape index (κ1) is 24.4. The highest BCUT2D eigenvalue weighted by atomic mass is 32.1. The van der Waals surface area contributed by atoms with E-state index in [9.17, 15) is 4.79 Å². The van der Waals surface area contributed by atoms with Crippen LogP contribution in [-0.2, 0) is 0 Å². The third-order valence-electron chi connectivity index (χ3n) is 7.50. The van der Waals surface area contributed by atoms with Crippen molar-refractivity contribution in [2.75, 3.05) is 36.0 Å². The second kappa shape index (κ2) is 10.1. The molecule has 0 aliphatic carbocycles. The van der Waals surface area contributed by atoms with E-state index in [-0.39, 0.29) is 5.78 Å². The zero-order valence-corrected chi connectivity index (χ0v) is 22.8. The lowest BCUT2D eigenvalue weighted by Gasteiger charge is -2.36. The highest BCUT2D eigenvalue weighted by molar-refractivity contribution is 7.26. The molecule has 40 heavy (non-hydrogen) atoms. The highest BCUT2D eigenvalue weighted by Gasteiger charge is 2.24. The van der Waals surface area contributed by atoms with E-state index in [1.165, 1.54) is 0 Å².